The van der Waals surface area contributed by atoms with Crippen LogP contribution in [0.1, 0.15) is 15.4 Å². The zero-order valence-corrected chi connectivity index (χ0v) is 12.0. The first-order valence-corrected chi connectivity index (χ1v) is 6.60. The van der Waals surface area contributed by atoms with E-state index in [4.69, 9.17) is 23.2 Å². The van der Waals surface area contributed by atoms with Gasteiger partial charge in [-0.3, -0.25) is 0 Å². The standard InChI is InChI=1S/C12H9Cl2NO2S/c1-6-10(12(16)17-2)15-11(18-6)7-3-8(13)5-9(14)4-7/h3-5H,1-2H3. The van der Waals surface area contributed by atoms with Gasteiger partial charge in [-0.1, -0.05) is 23.2 Å². The Morgan fingerprint density at radius 2 is 1.89 bits per heavy atom. The number of aryl methyl sites for hydroxylation is 1. The molecule has 3 nitrogen and oxygen atoms in total. The molecular formula is C12H9Cl2NO2S. The van der Waals surface area contributed by atoms with Crippen molar-refractivity contribution in [3.8, 4) is 10.6 Å². The van der Waals surface area contributed by atoms with Gasteiger partial charge >= 0.3 is 5.97 Å². The van der Waals surface area contributed by atoms with Crippen molar-refractivity contribution in [2.24, 2.45) is 0 Å². The SMILES string of the molecule is COC(=O)c1nc(-c2cc(Cl)cc(Cl)c2)sc1C. The van der Waals surface area contributed by atoms with E-state index in [-0.39, 0.29) is 0 Å². The van der Waals surface area contributed by atoms with E-state index in [1.54, 1.807) is 18.2 Å². The number of ether oxygens (including phenoxy) is 1. The number of carbonyl (C=O) groups is 1. The summed E-state index contributed by atoms with van der Waals surface area (Å²) in [4.78, 5) is 16.5. The molecule has 0 N–H and O–H groups in total. The smallest absolute Gasteiger partial charge is 0.357 e. The second-order valence-corrected chi connectivity index (χ2v) is 5.65. The summed E-state index contributed by atoms with van der Waals surface area (Å²) in [5.74, 6) is -0.442. The number of rotatable bonds is 2. The monoisotopic (exact) mass is 301 g/mol. The van der Waals surface area contributed by atoms with E-state index >= 15 is 0 Å². The lowest BCUT2D eigenvalue weighted by molar-refractivity contribution is 0.0594. The largest absolute Gasteiger partial charge is 0.464 e. The van der Waals surface area contributed by atoms with Crippen molar-refractivity contribution in [1.29, 1.82) is 0 Å². The first kappa shape index (κ1) is 13.3. The van der Waals surface area contributed by atoms with Gasteiger partial charge in [0, 0.05) is 20.5 Å². The Kier molecular flexibility index (Phi) is 3.90. The number of nitrogens with zero attached hydrogens (tertiary/aromatic N) is 1. The number of esters is 1. The molecule has 0 atom stereocenters. The van der Waals surface area contributed by atoms with Crippen LogP contribution in [-0.4, -0.2) is 18.1 Å². The van der Waals surface area contributed by atoms with Crippen molar-refractivity contribution in [2.75, 3.05) is 7.11 Å². The van der Waals surface area contributed by atoms with Gasteiger partial charge in [-0.05, 0) is 25.1 Å². The average molecular weight is 302 g/mol. The van der Waals surface area contributed by atoms with E-state index in [0.717, 1.165) is 10.4 Å². The number of methoxy groups -OCH3 is 1. The van der Waals surface area contributed by atoms with Crippen molar-refractivity contribution >= 4 is 40.5 Å². The third-order valence-electron chi connectivity index (χ3n) is 2.28. The molecule has 0 radical (unpaired) electrons. The summed E-state index contributed by atoms with van der Waals surface area (Å²) in [6, 6.07) is 5.16. The highest BCUT2D eigenvalue weighted by Crippen LogP contribution is 2.31. The molecule has 0 aliphatic carbocycles. The maximum atomic E-state index is 11.5. The molecule has 1 heterocycles. The minimum absolute atomic E-state index is 0.327. The molecule has 0 aliphatic heterocycles. The molecule has 0 saturated carbocycles. The Morgan fingerprint density at radius 3 is 2.44 bits per heavy atom. The lowest BCUT2D eigenvalue weighted by Crippen LogP contribution is -2.03. The van der Waals surface area contributed by atoms with Crippen LogP contribution in [0.3, 0.4) is 0 Å². The maximum Gasteiger partial charge on any atom is 0.357 e. The van der Waals surface area contributed by atoms with Crippen molar-refractivity contribution in [2.45, 2.75) is 6.92 Å². The fourth-order valence-electron chi connectivity index (χ4n) is 1.48. The van der Waals surface area contributed by atoms with Crippen LogP contribution in [0.4, 0.5) is 0 Å². The van der Waals surface area contributed by atoms with Crippen LogP contribution in [-0.2, 0) is 4.74 Å². The van der Waals surface area contributed by atoms with Crippen LogP contribution in [0.25, 0.3) is 10.6 Å². The van der Waals surface area contributed by atoms with E-state index < -0.39 is 5.97 Å². The zero-order chi connectivity index (χ0) is 13.3. The Labute approximate surface area is 118 Å². The lowest BCUT2D eigenvalue weighted by Gasteiger charge is -1.98. The van der Waals surface area contributed by atoms with Gasteiger partial charge in [0.05, 0.1) is 7.11 Å². The number of halogens is 2. The number of hydrogen-bond acceptors (Lipinski definition) is 4. The highest BCUT2D eigenvalue weighted by molar-refractivity contribution is 7.15. The van der Waals surface area contributed by atoms with Crippen molar-refractivity contribution in [1.82, 2.24) is 4.98 Å². The number of hydrogen-bond donors (Lipinski definition) is 0. The van der Waals surface area contributed by atoms with Gasteiger partial charge in [-0.15, -0.1) is 11.3 Å². The van der Waals surface area contributed by atoms with Crippen LogP contribution in [0.2, 0.25) is 10.0 Å². The quantitative estimate of drug-likeness (QED) is 0.780. The number of thiazole rings is 1. The molecule has 94 valence electrons. The zero-order valence-electron chi connectivity index (χ0n) is 9.66. The molecule has 2 rings (SSSR count). The third-order valence-corrected chi connectivity index (χ3v) is 3.74. The molecule has 0 unspecified atom stereocenters. The van der Waals surface area contributed by atoms with Crippen LogP contribution >= 0.6 is 34.5 Å². The second kappa shape index (κ2) is 5.26. The summed E-state index contributed by atoms with van der Waals surface area (Å²) < 4.78 is 4.67. The highest BCUT2D eigenvalue weighted by Gasteiger charge is 2.17. The molecule has 0 bridgehead atoms. The van der Waals surface area contributed by atoms with Gasteiger partial charge in [-0.25, -0.2) is 9.78 Å². The molecule has 0 fully saturated rings. The predicted octanol–water partition coefficient (Wildman–Crippen LogP) is 4.21. The fraction of sp³-hybridized carbons (Fsp3) is 0.167. The van der Waals surface area contributed by atoms with Crippen LogP contribution in [0.5, 0.6) is 0 Å². The van der Waals surface area contributed by atoms with Crippen LogP contribution < -0.4 is 0 Å². The van der Waals surface area contributed by atoms with Gasteiger partial charge < -0.3 is 4.74 Å². The van der Waals surface area contributed by atoms with Crippen LogP contribution in [0.15, 0.2) is 18.2 Å². The Hall–Kier alpha value is -1.10. The predicted molar refractivity (Wildman–Crippen MR) is 73.6 cm³/mol. The number of aromatic nitrogens is 1. The summed E-state index contributed by atoms with van der Waals surface area (Å²) in [6.07, 6.45) is 0. The van der Waals surface area contributed by atoms with Gasteiger partial charge in [0.1, 0.15) is 5.01 Å². The van der Waals surface area contributed by atoms with Crippen molar-refractivity contribution in [3.63, 3.8) is 0 Å². The number of benzene rings is 1. The first-order valence-electron chi connectivity index (χ1n) is 5.03. The van der Waals surface area contributed by atoms with Gasteiger partial charge in [0.25, 0.3) is 0 Å². The molecule has 0 spiro atoms. The lowest BCUT2D eigenvalue weighted by atomic mass is 10.2. The second-order valence-electron chi connectivity index (χ2n) is 3.57. The Morgan fingerprint density at radius 1 is 1.28 bits per heavy atom. The minimum Gasteiger partial charge on any atom is -0.464 e. The molecule has 0 amide bonds. The van der Waals surface area contributed by atoms with Gasteiger partial charge in [-0.2, -0.15) is 0 Å². The molecule has 1 aromatic heterocycles. The van der Waals surface area contributed by atoms with E-state index in [9.17, 15) is 4.79 Å². The maximum absolute atomic E-state index is 11.5. The Balaban J connectivity index is 2.48. The highest BCUT2D eigenvalue weighted by atomic mass is 35.5. The van der Waals surface area contributed by atoms with E-state index in [1.165, 1.54) is 18.4 Å². The van der Waals surface area contributed by atoms with Crippen molar-refractivity contribution < 1.29 is 9.53 Å². The minimum atomic E-state index is -0.442. The molecule has 0 aliphatic rings. The summed E-state index contributed by atoms with van der Waals surface area (Å²) in [5, 5.41) is 1.76. The van der Waals surface area contributed by atoms with Gasteiger partial charge in [0.15, 0.2) is 5.69 Å². The van der Waals surface area contributed by atoms with E-state index in [2.05, 4.69) is 9.72 Å². The average Bonchev–Trinajstić information content (AvgIpc) is 2.69. The third kappa shape index (κ3) is 2.66. The van der Waals surface area contributed by atoms with Crippen molar-refractivity contribution in [3.05, 3.63) is 38.8 Å². The summed E-state index contributed by atoms with van der Waals surface area (Å²) in [6.45, 7) is 1.82. The molecule has 1 aromatic carbocycles. The summed E-state index contributed by atoms with van der Waals surface area (Å²) in [7, 11) is 1.33. The van der Waals surface area contributed by atoms with E-state index in [1.807, 2.05) is 6.92 Å². The summed E-state index contributed by atoms with van der Waals surface area (Å²) in [5.41, 5.74) is 1.12. The van der Waals surface area contributed by atoms with Gasteiger partial charge in [0.2, 0.25) is 0 Å². The summed E-state index contributed by atoms with van der Waals surface area (Å²) >= 11 is 13.3. The van der Waals surface area contributed by atoms with Crippen LogP contribution in [0, 0.1) is 6.92 Å². The Bertz CT molecular complexity index is 590. The normalized spacial score (nSPS) is 10.4. The van der Waals surface area contributed by atoms with E-state index in [0.29, 0.717) is 20.7 Å². The molecule has 18 heavy (non-hydrogen) atoms. The molecule has 0 saturated heterocycles. The molecule has 2 aromatic rings. The molecule has 6 heteroatoms. The number of carbonyl (C=O) groups excluding carboxylic acids is 1. The fourth-order valence-corrected chi connectivity index (χ4v) is 2.90. The molecular weight excluding hydrogens is 293 g/mol. The topological polar surface area (TPSA) is 39.2 Å². The first-order chi connectivity index (χ1) is 8.51.